The van der Waals surface area contributed by atoms with Crippen molar-refractivity contribution in [3.8, 4) is 29.1 Å². The summed E-state index contributed by atoms with van der Waals surface area (Å²) in [7, 11) is -4.35. The molecule has 1 aromatic carbocycles. The zero-order chi connectivity index (χ0) is 26.5. The fourth-order valence-electron chi connectivity index (χ4n) is 3.43. The maximum absolute atomic E-state index is 11.3. The SMILES string of the molecule is Cc1oc(-c2ccco2)nc1COc1ccc(COc2nn(-c3ccccc3)cc2/C=C/P(=O)(O)O)cn1. The average molecular weight is 534 g/mol. The second kappa shape index (κ2) is 10.9. The monoisotopic (exact) mass is 534 g/mol. The van der Waals surface area contributed by atoms with Crippen molar-refractivity contribution in [1.82, 2.24) is 19.7 Å². The summed E-state index contributed by atoms with van der Waals surface area (Å²) in [5.74, 6) is 2.97. The van der Waals surface area contributed by atoms with Crippen LogP contribution in [-0.4, -0.2) is 29.5 Å². The van der Waals surface area contributed by atoms with Gasteiger partial charge in [0.2, 0.25) is 11.8 Å². The summed E-state index contributed by atoms with van der Waals surface area (Å²) in [5, 5.41) is 4.43. The van der Waals surface area contributed by atoms with E-state index in [4.69, 9.17) is 18.3 Å². The first-order valence-electron chi connectivity index (χ1n) is 11.4. The number of para-hydroxylation sites is 1. The fraction of sp³-hybridized carbons (Fsp3) is 0.115. The number of pyridine rings is 1. The first-order valence-corrected chi connectivity index (χ1v) is 13.1. The minimum absolute atomic E-state index is 0.130. The molecule has 194 valence electrons. The summed E-state index contributed by atoms with van der Waals surface area (Å²) in [5.41, 5.74) is 2.57. The smallest absolute Gasteiger partial charge is 0.349 e. The van der Waals surface area contributed by atoms with Gasteiger partial charge in [-0.25, -0.2) is 14.6 Å². The van der Waals surface area contributed by atoms with Gasteiger partial charge in [-0.05, 0) is 43.3 Å². The Morgan fingerprint density at radius 3 is 2.61 bits per heavy atom. The van der Waals surface area contributed by atoms with Gasteiger partial charge in [-0.3, -0.25) is 4.57 Å². The van der Waals surface area contributed by atoms with E-state index < -0.39 is 7.60 Å². The van der Waals surface area contributed by atoms with E-state index in [0.29, 0.717) is 34.5 Å². The molecule has 0 fully saturated rings. The van der Waals surface area contributed by atoms with Crippen LogP contribution in [0.15, 0.2) is 87.9 Å². The molecule has 38 heavy (non-hydrogen) atoms. The molecule has 0 radical (unpaired) electrons. The number of aryl methyl sites for hydroxylation is 1. The molecule has 0 bridgehead atoms. The summed E-state index contributed by atoms with van der Waals surface area (Å²) < 4.78 is 35.5. The minimum Gasteiger partial charge on any atom is -0.471 e. The molecule has 0 saturated carbocycles. The highest BCUT2D eigenvalue weighted by atomic mass is 31.2. The predicted octanol–water partition coefficient (Wildman–Crippen LogP) is 5.13. The maximum Gasteiger partial charge on any atom is 0.349 e. The molecule has 4 aromatic heterocycles. The molecule has 0 spiro atoms. The minimum atomic E-state index is -4.35. The number of aromatic nitrogens is 4. The number of oxazole rings is 1. The Morgan fingerprint density at radius 1 is 1.05 bits per heavy atom. The average Bonchev–Trinajstić information content (AvgIpc) is 3.66. The Labute approximate surface area is 217 Å². The molecule has 5 rings (SSSR count). The molecule has 4 heterocycles. The number of hydrogen-bond donors (Lipinski definition) is 2. The van der Waals surface area contributed by atoms with Crippen molar-refractivity contribution >= 4 is 13.7 Å². The van der Waals surface area contributed by atoms with Crippen LogP contribution in [0.4, 0.5) is 0 Å². The fourth-order valence-corrected chi connectivity index (χ4v) is 3.79. The first kappa shape index (κ1) is 25.2. The molecule has 0 saturated heterocycles. The first-order chi connectivity index (χ1) is 18.3. The number of furan rings is 1. The Bertz CT molecular complexity index is 1570. The lowest BCUT2D eigenvalue weighted by Crippen LogP contribution is -2.01. The lowest BCUT2D eigenvalue weighted by atomic mass is 10.3. The predicted molar refractivity (Wildman–Crippen MR) is 136 cm³/mol. The van der Waals surface area contributed by atoms with Crippen LogP contribution in [-0.2, 0) is 17.8 Å². The van der Waals surface area contributed by atoms with Gasteiger partial charge in [-0.15, -0.1) is 5.10 Å². The largest absolute Gasteiger partial charge is 0.471 e. The van der Waals surface area contributed by atoms with Crippen molar-refractivity contribution in [3.05, 3.63) is 102 Å². The summed E-state index contributed by atoms with van der Waals surface area (Å²) >= 11 is 0. The number of ether oxygens (including phenoxy) is 2. The highest BCUT2D eigenvalue weighted by Crippen LogP contribution is 2.37. The van der Waals surface area contributed by atoms with E-state index in [1.54, 1.807) is 54.5 Å². The second-order valence-electron chi connectivity index (χ2n) is 8.16. The van der Waals surface area contributed by atoms with Gasteiger partial charge < -0.3 is 28.1 Å². The highest BCUT2D eigenvalue weighted by Gasteiger charge is 2.15. The zero-order valence-electron chi connectivity index (χ0n) is 20.2. The molecule has 0 amide bonds. The van der Waals surface area contributed by atoms with E-state index in [1.165, 1.54) is 6.08 Å². The Morgan fingerprint density at radius 2 is 1.89 bits per heavy atom. The quantitative estimate of drug-likeness (QED) is 0.231. The molecule has 12 heteroatoms. The molecule has 0 aliphatic heterocycles. The van der Waals surface area contributed by atoms with Crippen LogP contribution in [0, 0.1) is 6.92 Å². The Kier molecular flexibility index (Phi) is 7.23. The van der Waals surface area contributed by atoms with Crippen LogP contribution in [0.5, 0.6) is 11.8 Å². The zero-order valence-corrected chi connectivity index (χ0v) is 21.1. The van der Waals surface area contributed by atoms with Gasteiger partial charge in [0.25, 0.3) is 5.89 Å². The van der Waals surface area contributed by atoms with Crippen LogP contribution in [0.1, 0.15) is 22.6 Å². The van der Waals surface area contributed by atoms with E-state index in [0.717, 1.165) is 17.1 Å². The molecule has 0 atom stereocenters. The lowest BCUT2D eigenvalue weighted by Gasteiger charge is -2.07. The highest BCUT2D eigenvalue weighted by molar-refractivity contribution is 7.55. The summed E-state index contributed by atoms with van der Waals surface area (Å²) in [6.07, 6.45) is 6.09. The summed E-state index contributed by atoms with van der Waals surface area (Å²) in [6, 6.07) is 16.3. The Balaban J connectivity index is 1.24. The van der Waals surface area contributed by atoms with E-state index in [9.17, 15) is 14.4 Å². The number of rotatable bonds is 10. The van der Waals surface area contributed by atoms with Crippen LogP contribution in [0.3, 0.4) is 0 Å². The van der Waals surface area contributed by atoms with Crippen LogP contribution < -0.4 is 9.47 Å². The third-order valence-corrected chi connectivity index (χ3v) is 5.87. The van der Waals surface area contributed by atoms with Gasteiger partial charge in [0, 0.05) is 29.8 Å². The van der Waals surface area contributed by atoms with Gasteiger partial charge in [-0.1, -0.05) is 18.2 Å². The molecule has 5 aromatic rings. The molecular weight excluding hydrogens is 511 g/mol. The van der Waals surface area contributed by atoms with E-state index >= 15 is 0 Å². The van der Waals surface area contributed by atoms with Gasteiger partial charge in [0.05, 0.1) is 17.5 Å². The molecular formula is C26H23N4O7P. The normalized spacial score (nSPS) is 11.8. The van der Waals surface area contributed by atoms with Crippen molar-refractivity contribution in [1.29, 1.82) is 0 Å². The van der Waals surface area contributed by atoms with Gasteiger partial charge >= 0.3 is 7.60 Å². The topological polar surface area (TPSA) is 146 Å². The van der Waals surface area contributed by atoms with Crippen molar-refractivity contribution in [2.75, 3.05) is 0 Å². The molecule has 0 aliphatic carbocycles. The second-order valence-corrected chi connectivity index (χ2v) is 9.63. The third kappa shape index (κ3) is 6.27. The van der Waals surface area contributed by atoms with E-state index in [-0.39, 0.29) is 19.1 Å². The summed E-state index contributed by atoms with van der Waals surface area (Å²) in [4.78, 5) is 27.2. The number of hydrogen-bond acceptors (Lipinski definition) is 8. The van der Waals surface area contributed by atoms with Crippen LogP contribution in [0.2, 0.25) is 0 Å². The molecule has 0 unspecified atom stereocenters. The number of nitrogens with zero attached hydrogens (tertiary/aromatic N) is 4. The van der Waals surface area contributed by atoms with Crippen molar-refractivity contribution < 1.29 is 32.7 Å². The molecule has 11 nitrogen and oxygen atoms in total. The standard InChI is InChI=1S/C26H23N4O7P/c1-18-22(28-26(37-18)23-8-5-12-34-23)17-35-24-10-9-19(14-27-24)16-36-25-20(11-13-38(31,32)33)15-30(29-25)21-6-3-2-4-7-21/h2-15H,16-17H2,1H3,(H2,31,32,33)/b13-11+. The van der Waals surface area contributed by atoms with E-state index in [2.05, 4.69) is 15.1 Å². The van der Waals surface area contributed by atoms with Gasteiger partial charge in [0.15, 0.2) is 5.76 Å². The third-order valence-electron chi connectivity index (χ3n) is 5.33. The maximum atomic E-state index is 11.3. The number of benzene rings is 1. The van der Waals surface area contributed by atoms with Crippen molar-refractivity contribution in [2.24, 2.45) is 0 Å². The van der Waals surface area contributed by atoms with Crippen molar-refractivity contribution in [3.63, 3.8) is 0 Å². The van der Waals surface area contributed by atoms with E-state index in [1.807, 2.05) is 30.3 Å². The van der Waals surface area contributed by atoms with Crippen molar-refractivity contribution in [2.45, 2.75) is 20.1 Å². The lowest BCUT2D eigenvalue weighted by molar-refractivity contribution is 0.282. The van der Waals surface area contributed by atoms with Gasteiger partial charge in [-0.2, -0.15) is 0 Å². The molecule has 0 aliphatic rings. The van der Waals surface area contributed by atoms with Crippen LogP contribution >= 0.6 is 7.60 Å². The molecule has 2 N–H and O–H groups in total. The summed E-state index contributed by atoms with van der Waals surface area (Å²) in [6.45, 7) is 2.10. The Hall–Kier alpha value is -4.44. The van der Waals surface area contributed by atoms with Crippen LogP contribution in [0.25, 0.3) is 23.4 Å². The van der Waals surface area contributed by atoms with Gasteiger partial charge in [0.1, 0.15) is 24.7 Å².